The van der Waals surface area contributed by atoms with Gasteiger partial charge in [0.25, 0.3) is 0 Å². The third kappa shape index (κ3) is 4.11. The van der Waals surface area contributed by atoms with E-state index in [2.05, 4.69) is 19.2 Å². The first kappa shape index (κ1) is 13.5. The molecular formula is C13H19ClFN. The molecule has 0 radical (unpaired) electrons. The van der Waals surface area contributed by atoms with E-state index in [9.17, 15) is 4.39 Å². The Labute approximate surface area is 102 Å². The van der Waals surface area contributed by atoms with Gasteiger partial charge in [-0.2, -0.15) is 0 Å². The van der Waals surface area contributed by atoms with E-state index < -0.39 is 0 Å². The summed E-state index contributed by atoms with van der Waals surface area (Å²) in [6.07, 6.45) is 1.71. The average Bonchev–Trinajstić information content (AvgIpc) is 2.21. The standard InChI is InChI=1S/C13H19ClFN/c1-9(2)6-12(16-3)8-10-7-11(14)4-5-13(10)15/h4-5,7,9,12,16H,6,8H2,1-3H3. The van der Waals surface area contributed by atoms with Gasteiger partial charge in [-0.3, -0.25) is 0 Å². The molecule has 1 aromatic rings. The van der Waals surface area contributed by atoms with Crippen LogP contribution in [0.2, 0.25) is 5.02 Å². The highest BCUT2D eigenvalue weighted by atomic mass is 35.5. The van der Waals surface area contributed by atoms with Crippen LogP contribution in [0.1, 0.15) is 25.8 Å². The number of nitrogens with one attached hydrogen (secondary N) is 1. The van der Waals surface area contributed by atoms with Gasteiger partial charge in [0.05, 0.1) is 0 Å². The Balaban J connectivity index is 2.73. The highest BCUT2D eigenvalue weighted by molar-refractivity contribution is 6.30. The summed E-state index contributed by atoms with van der Waals surface area (Å²) >= 11 is 5.86. The summed E-state index contributed by atoms with van der Waals surface area (Å²) in [5.74, 6) is 0.424. The van der Waals surface area contributed by atoms with Gasteiger partial charge in [0, 0.05) is 11.1 Å². The number of hydrogen-bond acceptors (Lipinski definition) is 1. The normalized spacial score (nSPS) is 13.1. The zero-order chi connectivity index (χ0) is 12.1. The van der Waals surface area contributed by atoms with Gasteiger partial charge in [0.2, 0.25) is 0 Å². The molecule has 1 unspecified atom stereocenters. The van der Waals surface area contributed by atoms with Crippen molar-refractivity contribution in [3.05, 3.63) is 34.6 Å². The molecule has 0 spiro atoms. The summed E-state index contributed by atoms with van der Waals surface area (Å²) in [6.45, 7) is 4.33. The lowest BCUT2D eigenvalue weighted by molar-refractivity contribution is 0.435. The number of benzene rings is 1. The molecule has 0 aliphatic heterocycles. The summed E-state index contributed by atoms with van der Waals surface area (Å²) in [4.78, 5) is 0. The van der Waals surface area contributed by atoms with Crippen LogP contribution in [0.15, 0.2) is 18.2 Å². The molecule has 0 aliphatic rings. The molecule has 3 heteroatoms. The zero-order valence-corrected chi connectivity index (χ0v) is 10.8. The van der Waals surface area contributed by atoms with Gasteiger partial charge in [0.1, 0.15) is 5.82 Å². The molecule has 1 aromatic carbocycles. The molecule has 0 amide bonds. The fraction of sp³-hybridized carbons (Fsp3) is 0.538. The first-order valence-corrected chi connectivity index (χ1v) is 6.02. The first-order chi connectivity index (χ1) is 7.52. The number of rotatable bonds is 5. The van der Waals surface area contributed by atoms with Crippen molar-refractivity contribution in [3.63, 3.8) is 0 Å². The Morgan fingerprint density at radius 1 is 1.38 bits per heavy atom. The molecule has 16 heavy (non-hydrogen) atoms. The van der Waals surface area contributed by atoms with E-state index in [1.165, 1.54) is 6.07 Å². The molecule has 0 saturated heterocycles. The summed E-state index contributed by atoms with van der Waals surface area (Å²) in [5.41, 5.74) is 0.688. The second-order valence-electron chi connectivity index (χ2n) is 4.56. The van der Waals surface area contributed by atoms with E-state index in [1.54, 1.807) is 12.1 Å². The quantitative estimate of drug-likeness (QED) is 0.832. The Bertz CT molecular complexity index is 339. The largest absolute Gasteiger partial charge is 0.317 e. The molecule has 0 saturated carbocycles. The van der Waals surface area contributed by atoms with E-state index in [1.807, 2.05) is 7.05 Å². The summed E-state index contributed by atoms with van der Waals surface area (Å²) in [5, 5.41) is 3.81. The molecule has 0 bridgehead atoms. The fourth-order valence-corrected chi connectivity index (χ4v) is 2.03. The maximum Gasteiger partial charge on any atom is 0.126 e. The molecule has 0 fully saturated rings. The lowest BCUT2D eigenvalue weighted by Gasteiger charge is -2.18. The Hall–Kier alpha value is -0.600. The van der Waals surface area contributed by atoms with Gasteiger partial charge in [-0.15, -0.1) is 0 Å². The van der Waals surface area contributed by atoms with Crippen molar-refractivity contribution in [2.45, 2.75) is 32.7 Å². The van der Waals surface area contributed by atoms with Crippen molar-refractivity contribution < 1.29 is 4.39 Å². The van der Waals surface area contributed by atoms with E-state index in [0.29, 0.717) is 29.0 Å². The van der Waals surface area contributed by atoms with Crippen molar-refractivity contribution in [1.82, 2.24) is 5.32 Å². The second kappa shape index (κ2) is 6.21. The third-order valence-electron chi connectivity index (χ3n) is 2.64. The van der Waals surface area contributed by atoms with Crippen LogP contribution in [-0.4, -0.2) is 13.1 Å². The van der Waals surface area contributed by atoms with Gasteiger partial charge >= 0.3 is 0 Å². The second-order valence-corrected chi connectivity index (χ2v) is 4.99. The maximum absolute atomic E-state index is 13.5. The predicted octanol–water partition coefficient (Wildman–Crippen LogP) is 3.66. The van der Waals surface area contributed by atoms with Crippen molar-refractivity contribution in [2.75, 3.05) is 7.05 Å². The summed E-state index contributed by atoms with van der Waals surface area (Å²) < 4.78 is 13.5. The predicted molar refractivity (Wildman–Crippen MR) is 67.4 cm³/mol. The topological polar surface area (TPSA) is 12.0 Å². The minimum Gasteiger partial charge on any atom is -0.317 e. The van der Waals surface area contributed by atoms with Crippen molar-refractivity contribution in [3.8, 4) is 0 Å². The van der Waals surface area contributed by atoms with Crippen LogP contribution >= 0.6 is 11.6 Å². The molecule has 1 nitrogen and oxygen atoms in total. The Morgan fingerprint density at radius 2 is 2.06 bits per heavy atom. The van der Waals surface area contributed by atoms with Crippen LogP contribution in [0, 0.1) is 11.7 Å². The van der Waals surface area contributed by atoms with Crippen LogP contribution in [0.5, 0.6) is 0 Å². The Kier molecular flexibility index (Phi) is 5.23. The summed E-state index contributed by atoms with van der Waals surface area (Å²) in [7, 11) is 1.91. The maximum atomic E-state index is 13.5. The minimum absolute atomic E-state index is 0.173. The smallest absolute Gasteiger partial charge is 0.126 e. The van der Waals surface area contributed by atoms with E-state index in [4.69, 9.17) is 11.6 Å². The minimum atomic E-state index is -0.173. The fourth-order valence-electron chi connectivity index (χ4n) is 1.84. The molecule has 1 N–H and O–H groups in total. The monoisotopic (exact) mass is 243 g/mol. The first-order valence-electron chi connectivity index (χ1n) is 5.64. The molecule has 0 heterocycles. The number of likely N-dealkylation sites (N-methyl/N-ethyl adjacent to an activating group) is 1. The average molecular weight is 244 g/mol. The van der Waals surface area contributed by atoms with Crippen LogP contribution in [-0.2, 0) is 6.42 Å². The summed E-state index contributed by atoms with van der Waals surface area (Å²) in [6, 6.07) is 5.02. The molecule has 1 rings (SSSR count). The molecule has 0 aromatic heterocycles. The van der Waals surface area contributed by atoms with Crippen LogP contribution < -0.4 is 5.32 Å². The Morgan fingerprint density at radius 3 is 2.62 bits per heavy atom. The van der Waals surface area contributed by atoms with Crippen molar-refractivity contribution in [1.29, 1.82) is 0 Å². The van der Waals surface area contributed by atoms with Crippen LogP contribution in [0.25, 0.3) is 0 Å². The number of hydrogen-bond donors (Lipinski definition) is 1. The molecule has 90 valence electrons. The van der Waals surface area contributed by atoms with Crippen LogP contribution in [0.3, 0.4) is 0 Å². The van der Waals surface area contributed by atoms with Gasteiger partial charge in [0.15, 0.2) is 0 Å². The van der Waals surface area contributed by atoms with Crippen LogP contribution in [0.4, 0.5) is 4.39 Å². The molecule has 0 aliphatic carbocycles. The highest BCUT2D eigenvalue weighted by Crippen LogP contribution is 2.18. The molecular weight excluding hydrogens is 225 g/mol. The van der Waals surface area contributed by atoms with E-state index >= 15 is 0 Å². The van der Waals surface area contributed by atoms with Crippen molar-refractivity contribution >= 4 is 11.6 Å². The lowest BCUT2D eigenvalue weighted by Crippen LogP contribution is -2.29. The third-order valence-corrected chi connectivity index (χ3v) is 2.87. The van der Waals surface area contributed by atoms with Crippen molar-refractivity contribution in [2.24, 2.45) is 5.92 Å². The molecule has 1 atom stereocenters. The van der Waals surface area contributed by atoms with E-state index in [-0.39, 0.29) is 5.82 Å². The SMILES string of the molecule is CNC(Cc1cc(Cl)ccc1F)CC(C)C. The van der Waals surface area contributed by atoms with E-state index in [0.717, 1.165) is 6.42 Å². The van der Waals surface area contributed by atoms with Gasteiger partial charge < -0.3 is 5.32 Å². The van der Waals surface area contributed by atoms with Gasteiger partial charge in [-0.05, 0) is 49.6 Å². The number of halogens is 2. The highest BCUT2D eigenvalue weighted by Gasteiger charge is 2.12. The zero-order valence-electron chi connectivity index (χ0n) is 10.1. The van der Waals surface area contributed by atoms with Gasteiger partial charge in [-0.25, -0.2) is 4.39 Å². The van der Waals surface area contributed by atoms with Gasteiger partial charge in [-0.1, -0.05) is 25.4 Å². The lowest BCUT2D eigenvalue weighted by atomic mass is 9.97.